The van der Waals surface area contributed by atoms with E-state index in [2.05, 4.69) is 21.2 Å². The monoisotopic (exact) mass is 667 g/mol. The molecule has 3 rings (SSSR count). The fourth-order valence-corrected chi connectivity index (χ4v) is 6.14. The van der Waals surface area contributed by atoms with Gasteiger partial charge in [-0.1, -0.05) is 75.9 Å². The highest BCUT2D eigenvalue weighted by Crippen LogP contribution is 2.28. The van der Waals surface area contributed by atoms with Crippen molar-refractivity contribution in [3.63, 3.8) is 0 Å². The van der Waals surface area contributed by atoms with Crippen LogP contribution in [0.25, 0.3) is 0 Å². The quantitative estimate of drug-likeness (QED) is 0.250. The zero-order valence-corrected chi connectivity index (χ0v) is 26.6. The first kappa shape index (κ1) is 31.9. The maximum atomic E-state index is 14.0. The Kier molecular flexibility index (Phi) is 11.1. The number of carbonyl (C=O) groups is 2. The van der Waals surface area contributed by atoms with Gasteiger partial charge in [0.25, 0.3) is 10.0 Å². The molecule has 7 nitrogen and oxygen atoms in total. The van der Waals surface area contributed by atoms with Crippen LogP contribution in [0.15, 0.2) is 76.1 Å². The summed E-state index contributed by atoms with van der Waals surface area (Å²) in [5.74, 6) is -0.934. The highest BCUT2D eigenvalue weighted by Gasteiger charge is 2.33. The van der Waals surface area contributed by atoms with E-state index in [1.54, 1.807) is 61.5 Å². The summed E-state index contributed by atoms with van der Waals surface area (Å²) in [6.45, 7) is 6.71. The molecule has 0 fully saturated rings. The third-order valence-corrected chi connectivity index (χ3v) is 9.38. The number of halogens is 3. The van der Waals surface area contributed by atoms with Crippen molar-refractivity contribution in [1.29, 1.82) is 0 Å². The molecule has 2 amide bonds. The highest BCUT2D eigenvalue weighted by atomic mass is 79.9. The molecular formula is C29H32BrCl2N3O4S. The molecule has 40 heavy (non-hydrogen) atoms. The van der Waals surface area contributed by atoms with Crippen molar-refractivity contribution in [1.82, 2.24) is 10.2 Å². The van der Waals surface area contributed by atoms with E-state index in [-0.39, 0.29) is 23.4 Å². The Balaban J connectivity index is 2.05. The van der Waals surface area contributed by atoms with E-state index in [9.17, 15) is 18.0 Å². The Morgan fingerprint density at radius 2 is 1.68 bits per heavy atom. The van der Waals surface area contributed by atoms with E-state index >= 15 is 0 Å². The van der Waals surface area contributed by atoms with Gasteiger partial charge < -0.3 is 10.2 Å². The molecule has 0 bridgehead atoms. The number of amides is 2. The van der Waals surface area contributed by atoms with Crippen molar-refractivity contribution < 1.29 is 18.0 Å². The third-order valence-electron chi connectivity index (χ3n) is 6.51. The first-order valence-corrected chi connectivity index (χ1v) is 15.7. The number of nitrogens with one attached hydrogen (secondary N) is 1. The molecule has 3 aromatic carbocycles. The number of hydrogen-bond acceptors (Lipinski definition) is 4. The molecule has 0 aliphatic carbocycles. The number of hydrogen-bond donors (Lipinski definition) is 1. The van der Waals surface area contributed by atoms with Crippen LogP contribution in [0, 0.1) is 6.92 Å². The zero-order valence-electron chi connectivity index (χ0n) is 22.7. The number of rotatable bonds is 11. The molecule has 0 aliphatic heterocycles. The molecule has 0 heterocycles. The lowest BCUT2D eigenvalue weighted by Crippen LogP contribution is -2.52. The van der Waals surface area contributed by atoms with Gasteiger partial charge in [-0.15, -0.1) is 0 Å². The number of sulfonamides is 1. The SMILES string of the molecule is CCC(C)NC(=O)C(C)N(Cc1ccc(Cl)cc1Cl)C(=O)CN(c1cccc(Br)c1)S(=O)(=O)c1ccc(C)cc1. The number of aryl methyl sites for hydroxylation is 1. The van der Waals surface area contributed by atoms with Crippen molar-refractivity contribution >= 4 is 66.7 Å². The lowest BCUT2D eigenvalue weighted by Gasteiger charge is -2.32. The Morgan fingerprint density at radius 1 is 1.00 bits per heavy atom. The van der Waals surface area contributed by atoms with Crippen LogP contribution in [-0.4, -0.2) is 43.8 Å². The van der Waals surface area contributed by atoms with Gasteiger partial charge in [0, 0.05) is 27.1 Å². The molecule has 0 aromatic heterocycles. The minimum atomic E-state index is -4.15. The molecule has 11 heteroatoms. The predicted octanol–water partition coefficient (Wildman–Crippen LogP) is 6.59. The Labute approximate surface area is 254 Å². The van der Waals surface area contributed by atoms with E-state index in [1.165, 1.54) is 17.0 Å². The summed E-state index contributed by atoms with van der Waals surface area (Å²) in [5, 5.41) is 3.66. The average molecular weight is 669 g/mol. The van der Waals surface area contributed by atoms with Crippen molar-refractivity contribution in [2.75, 3.05) is 10.8 Å². The first-order valence-electron chi connectivity index (χ1n) is 12.7. The van der Waals surface area contributed by atoms with Gasteiger partial charge in [-0.2, -0.15) is 0 Å². The molecule has 0 aliphatic rings. The summed E-state index contributed by atoms with van der Waals surface area (Å²) in [6.07, 6.45) is 0.709. The fourth-order valence-electron chi connectivity index (χ4n) is 3.88. The summed E-state index contributed by atoms with van der Waals surface area (Å²) in [7, 11) is -4.15. The van der Waals surface area contributed by atoms with Crippen LogP contribution >= 0.6 is 39.1 Å². The second kappa shape index (κ2) is 13.9. The van der Waals surface area contributed by atoms with E-state index in [0.29, 0.717) is 32.2 Å². The van der Waals surface area contributed by atoms with Crippen LogP contribution in [0.3, 0.4) is 0 Å². The molecule has 1 N–H and O–H groups in total. The third kappa shape index (κ3) is 8.00. The van der Waals surface area contributed by atoms with Gasteiger partial charge in [0.2, 0.25) is 11.8 Å². The molecule has 0 spiro atoms. The smallest absolute Gasteiger partial charge is 0.264 e. The molecule has 0 radical (unpaired) electrons. The van der Waals surface area contributed by atoms with Gasteiger partial charge in [0.15, 0.2) is 0 Å². The summed E-state index contributed by atoms with van der Waals surface area (Å²) in [6, 6.07) is 17.0. The van der Waals surface area contributed by atoms with Crippen LogP contribution in [0.4, 0.5) is 5.69 Å². The van der Waals surface area contributed by atoms with E-state index < -0.39 is 28.5 Å². The van der Waals surface area contributed by atoms with E-state index in [4.69, 9.17) is 23.2 Å². The van der Waals surface area contributed by atoms with E-state index in [1.807, 2.05) is 20.8 Å². The van der Waals surface area contributed by atoms with Crippen molar-refractivity contribution in [2.45, 2.75) is 57.6 Å². The number of nitrogens with zero attached hydrogens (tertiary/aromatic N) is 2. The minimum Gasteiger partial charge on any atom is -0.352 e. The number of anilines is 1. The van der Waals surface area contributed by atoms with Crippen LogP contribution in [0.1, 0.15) is 38.3 Å². The highest BCUT2D eigenvalue weighted by molar-refractivity contribution is 9.10. The Morgan fingerprint density at radius 3 is 2.27 bits per heavy atom. The van der Waals surface area contributed by atoms with Gasteiger partial charge in [-0.25, -0.2) is 8.42 Å². The Hall–Kier alpha value is -2.59. The molecule has 2 atom stereocenters. The molecule has 0 saturated carbocycles. The number of carbonyl (C=O) groups excluding carboxylic acids is 2. The molecule has 3 aromatic rings. The maximum absolute atomic E-state index is 14.0. The van der Waals surface area contributed by atoms with Crippen LogP contribution in [-0.2, 0) is 26.2 Å². The Bertz CT molecular complexity index is 1470. The second-order valence-electron chi connectivity index (χ2n) is 9.56. The van der Waals surface area contributed by atoms with E-state index in [0.717, 1.165) is 9.87 Å². The topological polar surface area (TPSA) is 86.8 Å². The van der Waals surface area contributed by atoms with Crippen molar-refractivity contribution in [2.24, 2.45) is 0 Å². The van der Waals surface area contributed by atoms with Crippen LogP contribution < -0.4 is 9.62 Å². The van der Waals surface area contributed by atoms with Gasteiger partial charge in [-0.3, -0.25) is 13.9 Å². The van der Waals surface area contributed by atoms with Crippen LogP contribution in [0.5, 0.6) is 0 Å². The van der Waals surface area contributed by atoms with Crippen molar-refractivity contribution in [3.05, 3.63) is 92.4 Å². The summed E-state index contributed by atoms with van der Waals surface area (Å²) in [4.78, 5) is 28.5. The largest absolute Gasteiger partial charge is 0.352 e. The molecule has 214 valence electrons. The van der Waals surface area contributed by atoms with Crippen molar-refractivity contribution in [3.8, 4) is 0 Å². The van der Waals surface area contributed by atoms with Gasteiger partial charge in [0.05, 0.1) is 10.6 Å². The maximum Gasteiger partial charge on any atom is 0.264 e. The molecular weight excluding hydrogens is 637 g/mol. The normalized spacial score (nSPS) is 12.9. The first-order chi connectivity index (χ1) is 18.8. The zero-order chi connectivity index (χ0) is 29.6. The van der Waals surface area contributed by atoms with Crippen LogP contribution in [0.2, 0.25) is 10.0 Å². The molecule has 2 unspecified atom stereocenters. The lowest BCUT2D eigenvalue weighted by atomic mass is 10.1. The average Bonchev–Trinajstić information content (AvgIpc) is 2.90. The second-order valence-corrected chi connectivity index (χ2v) is 13.2. The summed E-state index contributed by atoms with van der Waals surface area (Å²) in [5.41, 5.74) is 1.76. The summed E-state index contributed by atoms with van der Waals surface area (Å²) < 4.78 is 29.5. The minimum absolute atomic E-state index is 0.0270. The van der Waals surface area contributed by atoms with Gasteiger partial charge in [0.1, 0.15) is 12.6 Å². The van der Waals surface area contributed by atoms with Gasteiger partial charge in [-0.05, 0) is 75.2 Å². The predicted molar refractivity (Wildman–Crippen MR) is 164 cm³/mol. The standard InChI is InChI=1S/C29H32BrCl2N3O4S/c1-5-20(3)33-29(37)21(4)34(17-22-11-12-24(31)16-27(22)32)28(36)18-35(25-8-6-7-23(30)15-25)40(38,39)26-13-9-19(2)10-14-26/h6-16,20-21H,5,17-18H2,1-4H3,(H,33,37). The van der Waals surface area contributed by atoms with Gasteiger partial charge >= 0.3 is 0 Å². The molecule has 0 saturated heterocycles. The number of benzene rings is 3. The summed E-state index contributed by atoms with van der Waals surface area (Å²) >= 11 is 15.9. The fraction of sp³-hybridized carbons (Fsp3) is 0.310. The lowest BCUT2D eigenvalue weighted by molar-refractivity contribution is -0.139.